The highest BCUT2D eigenvalue weighted by atomic mass is 16.3. The number of urea groups is 1. The van der Waals surface area contributed by atoms with Gasteiger partial charge in [0.25, 0.3) is 0 Å². The van der Waals surface area contributed by atoms with E-state index >= 15 is 0 Å². The van der Waals surface area contributed by atoms with E-state index in [2.05, 4.69) is 17.6 Å². The van der Waals surface area contributed by atoms with Crippen molar-refractivity contribution < 1.29 is 9.90 Å². The van der Waals surface area contributed by atoms with Gasteiger partial charge in [-0.1, -0.05) is 19.8 Å². The number of carbonyl (C=O) groups is 1. The zero-order chi connectivity index (χ0) is 13.9. The van der Waals surface area contributed by atoms with Crippen molar-refractivity contribution in [2.75, 3.05) is 13.2 Å². The fourth-order valence-electron chi connectivity index (χ4n) is 3.34. The third kappa shape index (κ3) is 3.41. The van der Waals surface area contributed by atoms with Crippen LogP contribution in [0.1, 0.15) is 58.8 Å². The molecule has 0 aromatic rings. The molecule has 0 aliphatic heterocycles. The molecule has 4 nitrogen and oxygen atoms in total. The van der Waals surface area contributed by atoms with Gasteiger partial charge in [-0.15, -0.1) is 0 Å². The van der Waals surface area contributed by atoms with Gasteiger partial charge in [0, 0.05) is 6.54 Å². The van der Waals surface area contributed by atoms with E-state index in [1.807, 2.05) is 6.92 Å². The average Bonchev–Trinajstić information content (AvgIpc) is 3.17. The summed E-state index contributed by atoms with van der Waals surface area (Å²) in [6.45, 7) is 4.94. The number of carbonyl (C=O) groups excluding carboxylic acids is 1. The first-order chi connectivity index (χ1) is 9.03. The van der Waals surface area contributed by atoms with Gasteiger partial charge in [0.15, 0.2) is 0 Å². The first-order valence-corrected chi connectivity index (χ1v) is 7.70. The van der Waals surface area contributed by atoms with Crippen molar-refractivity contribution in [2.45, 2.75) is 64.3 Å². The van der Waals surface area contributed by atoms with Crippen molar-refractivity contribution in [2.24, 2.45) is 11.3 Å². The van der Waals surface area contributed by atoms with E-state index in [-0.39, 0.29) is 12.6 Å². The minimum Gasteiger partial charge on any atom is -0.394 e. The second-order valence-corrected chi connectivity index (χ2v) is 6.72. The van der Waals surface area contributed by atoms with Crippen LogP contribution in [0.25, 0.3) is 0 Å². The molecule has 2 fully saturated rings. The topological polar surface area (TPSA) is 61.4 Å². The Hall–Kier alpha value is -0.770. The molecule has 2 aliphatic carbocycles. The first-order valence-electron chi connectivity index (χ1n) is 7.70. The number of aliphatic hydroxyl groups excluding tert-OH is 1. The van der Waals surface area contributed by atoms with E-state index in [4.69, 9.17) is 0 Å². The molecule has 19 heavy (non-hydrogen) atoms. The number of hydrogen-bond acceptors (Lipinski definition) is 2. The fourth-order valence-corrected chi connectivity index (χ4v) is 3.34. The van der Waals surface area contributed by atoms with Crippen LogP contribution < -0.4 is 10.6 Å². The highest BCUT2D eigenvalue weighted by molar-refractivity contribution is 5.75. The Morgan fingerprint density at radius 3 is 2.47 bits per heavy atom. The number of nitrogens with one attached hydrogen (secondary N) is 2. The van der Waals surface area contributed by atoms with Gasteiger partial charge in [0.05, 0.1) is 12.1 Å². The highest BCUT2D eigenvalue weighted by Crippen LogP contribution is 2.41. The van der Waals surface area contributed by atoms with Crippen LogP contribution in [0.3, 0.4) is 0 Å². The van der Waals surface area contributed by atoms with Crippen molar-refractivity contribution in [3.05, 3.63) is 0 Å². The van der Waals surface area contributed by atoms with Gasteiger partial charge in [-0.2, -0.15) is 0 Å². The van der Waals surface area contributed by atoms with E-state index in [0.29, 0.717) is 11.3 Å². The molecule has 0 saturated heterocycles. The number of amides is 2. The largest absolute Gasteiger partial charge is 0.394 e. The normalized spacial score (nSPS) is 24.8. The highest BCUT2D eigenvalue weighted by Gasteiger charge is 2.42. The van der Waals surface area contributed by atoms with Crippen LogP contribution in [0.2, 0.25) is 0 Å². The second-order valence-electron chi connectivity index (χ2n) is 6.72. The third-order valence-electron chi connectivity index (χ3n) is 5.24. The molecule has 110 valence electrons. The van der Waals surface area contributed by atoms with Gasteiger partial charge in [0.2, 0.25) is 0 Å². The van der Waals surface area contributed by atoms with Gasteiger partial charge >= 0.3 is 6.03 Å². The molecule has 0 radical (unpaired) electrons. The van der Waals surface area contributed by atoms with Crippen molar-refractivity contribution in [1.82, 2.24) is 10.6 Å². The van der Waals surface area contributed by atoms with Gasteiger partial charge in [0.1, 0.15) is 0 Å². The summed E-state index contributed by atoms with van der Waals surface area (Å²) in [7, 11) is 0. The molecule has 2 aliphatic rings. The van der Waals surface area contributed by atoms with Gasteiger partial charge in [-0.05, 0) is 50.4 Å². The van der Waals surface area contributed by atoms with Crippen LogP contribution in [-0.4, -0.2) is 29.8 Å². The number of hydrogen-bond donors (Lipinski definition) is 3. The summed E-state index contributed by atoms with van der Waals surface area (Å²) < 4.78 is 0. The van der Waals surface area contributed by atoms with Crippen LogP contribution in [0.4, 0.5) is 4.79 Å². The molecule has 1 atom stereocenters. The summed E-state index contributed by atoms with van der Waals surface area (Å²) in [5, 5.41) is 15.5. The average molecular weight is 268 g/mol. The molecule has 3 N–H and O–H groups in total. The summed E-state index contributed by atoms with van der Waals surface area (Å²) in [5.74, 6) is 0.440. The van der Waals surface area contributed by atoms with Crippen LogP contribution >= 0.6 is 0 Å². The number of rotatable bonds is 6. The SMILES string of the molecule is CCC1(CNC(=O)NC(C)(CO)C2CC2)CCCC1. The zero-order valence-corrected chi connectivity index (χ0v) is 12.3. The molecular weight excluding hydrogens is 240 g/mol. The van der Waals surface area contributed by atoms with Crippen molar-refractivity contribution in [3.63, 3.8) is 0 Å². The Bertz CT molecular complexity index is 322. The lowest BCUT2D eigenvalue weighted by molar-refractivity contribution is 0.152. The predicted molar refractivity (Wildman–Crippen MR) is 75.9 cm³/mol. The van der Waals surface area contributed by atoms with Crippen LogP contribution in [-0.2, 0) is 0 Å². The lowest BCUT2D eigenvalue weighted by Gasteiger charge is -2.31. The Kier molecular flexibility index (Phi) is 4.39. The molecule has 2 amide bonds. The Morgan fingerprint density at radius 1 is 1.37 bits per heavy atom. The molecule has 0 heterocycles. The van der Waals surface area contributed by atoms with E-state index in [9.17, 15) is 9.90 Å². The lowest BCUT2D eigenvalue weighted by Crippen LogP contribution is -2.55. The van der Waals surface area contributed by atoms with Crippen LogP contribution in [0.15, 0.2) is 0 Å². The standard InChI is InChI=1S/C15H28N2O2/c1-3-15(8-4-5-9-15)10-16-13(19)17-14(2,11-18)12-6-7-12/h12,18H,3-11H2,1-2H3,(H2,16,17,19). The molecule has 0 aromatic heterocycles. The Morgan fingerprint density at radius 2 is 2.00 bits per heavy atom. The first kappa shape index (κ1) is 14.6. The minimum atomic E-state index is -0.445. The monoisotopic (exact) mass is 268 g/mol. The molecular formula is C15H28N2O2. The number of aliphatic hydroxyl groups is 1. The van der Waals surface area contributed by atoms with Crippen LogP contribution in [0, 0.1) is 11.3 Å². The summed E-state index contributed by atoms with van der Waals surface area (Å²) in [4.78, 5) is 12.0. The third-order valence-corrected chi connectivity index (χ3v) is 5.24. The maximum atomic E-state index is 12.0. The van der Waals surface area contributed by atoms with E-state index < -0.39 is 5.54 Å². The molecule has 0 bridgehead atoms. The van der Waals surface area contributed by atoms with Gasteiger partial charge < -0.3 is 15.7 Å². The van der Waals surface area contributed by atoms with E-state index in [1.165, 1.54) is 25.7 Å². The van der Waals surface area contributed by atoms with E-state index in [0.717, 1.165) is 25.8 Å². The maximum absolute atomic E-state index is 12.0. The van der Waals surface area contributed by atoms with Crippen molar-refractivity contribution >= 4 is 6.03 Å². The smallest absolute Gasteiger partial charge is 0.315 e. The Balaban J connectivity index is 1.80. The van der Waals surface area contributed by atoms with Gasteiger partial charge in [-0.25, -0.2) is 4.79 Å². The molecule has 2 saturated carbocycles. The molecule has 2 rings (SSSR count). The molecule has 4 heteroatoms. The molecule has 1 unspecified atom stereocenters. The van der Waals surface area contributed by atoms with Gasteiger partial charge in [-0.3, -0.25) is 0 Å². The summed E-state index contributed by atoms with van der Waals surface area (Å²) in [6, 6.07) is -0.122. The summed E-state index contributed by atoms with van der Waals surface area (Å²) >= 11 is 0. The van der Waals surface area contributed by atoms with Crippen molar-refractivity contribution in [3.8, 4) is 0 Å². The minimum absolute atomic E-state index is 0.0179. The second kappa shape index (κ2) is 5.70. The zero-order valence-electron chi connectivity index (χ0n) is 12.3. The molecule has 0 spiro atoms. The summed E-state index contributed by atoms with van der Waals surface area (Å²) in [6.07, 6.45) is 8.37. The maximum Gasteiger partial charge on any atom is 0.315 e. The van der Waals surface area contributed by atoms with Crippen molar-refractivity contribution in [1.29, 1.82) is 0 Å². The predicted octanol–water partition coefficient (Wildman–Crippen LogP) is 2.42. The quantitative estimate of drug-likeness (QED) is 0.693. The Labute approximate surface area is 116 Å². The summed E-state index contributed by atoms with van der Waals surface area (Å²) in [5.41, 5.74) is -0.133. The van der Waals surface area contributed by atoms with E-state index in [1.54, 1.807) is 0 Å². The molecule has 0 aromatic carbocycles. The fraction of sp³-hybridized carbons (Fsp3) is 0.933. The lowest BCUT2D eigenvalue weighted by atomic mass is 9.83. The van der Waals surface area contributed by atoms with Crippen LogP contribution in [0.5, 0.6) is 0 Å².